The molecule has 0 saturated heterocycles. The summed E-state index contributed by atoms with van der Waals surface area (Å²) in [6.07, 6.45) is 6.22. The SMILES string of the molecule is CCCn1nncc1C1(O)CCCC(OC)C1. The zero-order valence-electron chi connectivity index (χ0n) is 10.6. The molecule has 5 heteroatoms. The molecule has 17 heavy (non-hydrogen) atoms. The van der Waals surface area contributed by atoms with Crippen molar-refractivity contribution in [3.8, 4) is 0 Å². The smallest absolute Gasteiger partial charge is 0.110 e. The van der Waals surface area contributed by atoms with Crippen LogP contribution in [0.3, 0.4) is 0 Å². The lowest BCUT2D eigenvalue weighted by molar-refractivity contribution is -0.0682. The van der Waals surface area contributed by atoms with Crippen LogP contribution in [-0.2, 0) is 16.9 Å². The van der Waals surface area contributed by atoms with Gasteiger partial charge in [0.15, 0.2) is 0 Å². The standard InChI is InChI=1S/C12H21N3O2/c1-3-7-15-11(9-13-14-15)12(16)6-4-5-10(8-12)17-2/h9-10,16H,3-8H2,1-2H3. The lowest BCUT2D eigenvalue weighted by Crippen LogP contribution is -2.37. The Morgan fingerprint density at radius 1 is 1.65 bits per heavy atom. The third kappa shape index (κ3) is 2.50. The monoisotopic (exact) mass is 239 g/mol. The van der Waals surface area contributed by atoms with Gasteiger partial charge >= 0.3 is 0 Å². The summed E-state index contributed by atoms with van der Waals surface area (Å²) in [7, 11) is 1.71. The Morgan fingerprint density at radius 2 is 2.47 bits per heavy atom. The second-order valence-corrected chi connectivity index (χ2v) is 4.83. The molecule has 2 rings (SSSR count). The number of aryl methyl sites for hydroxylation is 1. The van der Waals surface area contributed by atoms with Gasteiger partial charge in [-0.15, -0.1) is 5.10 Å². The number of aromatic nitrogens is 3. The second-order valence-electron chi connectivity index (χ2n) is 4.83. The van der Waals surface area contributed by atoms with Crippen molar-refractivity contribution in [2.75, 3.05) is 7.11 Å². The molecule has 1 aromatic rings. The number of hydrogen-bond donors (Lipinski definition) is 1. The van der Waals surface area contributed by atoms with Crippen LogP contribution in [0.2, 0.25) is 0 Å². The van der Waals surface area contributed by atoms with E-state index in [9.17, 15) is 5.11 Å². The Kier molecular flexibility index (Phi) is 3.79. The van der Waals surface area contributed by atoms with Gasteiger partial charge in [-0.2, -0.15) is 0 Å². The van der Waals surface area contributed by atoms with E-state index in [2.05, 4.69) is 17.2 Å². The van der Waals surface area contributed by atoms with E-state index in [1.165, 1.54) is 0 Å². The van der Waals surface area contributed by atoms with Gasteiger partial charge in [0, 0.05) is 20.1 Å². The van der Waals surface area contributed by atoms with Gasteiger partial charge < -0.3 is 9.84 Å². The molecule has 0 spiro atoms. The number of ether oxygens (including phenoxy) is 1. The summed E-state index contributed by atoms with van der Waals surface area (Å²) in [6.45, 7) is 2.89. The van der Waals surface area contributed by atoms with Gasteiger partial charge in [0.1, 0.15) is 5.60 Å². The Labute approximate surface area is 102 Å². The van der Waals surface area contributed by atoms with Crippen LogP contribution in [0.15, 0.2) is 6.20 Å². The Balaban J connectivity index is 2.21. The predicted molar refractivity (Wildman–Crippen MR) is 63.5 cm³/mol. The van der Waals surface area contributed by atoms with Gasteiger partial charge in [0.2, 0.25) is 0 Å². The van der Waals surface area contributed by atoms with E-state index >= 15 is 0 Å². The molecular formula is C12H21N3O2. The highest BCUT2D eigenvalue weighted by Crippen LogP contribution is 2.37. The summed E-state index contributed by atoms with van der Waals surface area (Å²) < 4.78 is 7.19. The molecule has 1 saturated carbocycles. The molecular weight excluding hydrogens is 218 g/mol. The number of hydrogen-bond acceptors (Lipinski definition) is 4. The minimum Gasteiger partial charge on any atom is -0.383 e. The molecule has 1 heterocycles. The maximum atomic E-state index is 10.8. The summed E-state index contributed by atoms with van der Waals surface area (Å²) in [5.41, 5.74) is 0.0125. The van der Waals surface area contributed by atoms with Crippen LogP contribution in [0.4, 0.5) is 0 Å². The maximum Gasteiger partial charge on any atom is 0.110 e. The highest BCUT2D eigenvalue weighted by Gasteiger charge is 2.38. The number of rotatable bonds is 4. The topological polar surface area (TPSA) is 60.2 Å². The lowest BCUT2D eigenvalue weighted by atomic mass is 9.81. The minimum atomic E-state index is -0.822. The first-order chi connectivity index (χ1) is 8.19. The van der Waals surface area contributed by atoms with Gasteiger partial charge in [-0.25, -0.2) is 4.68 Å². The van der Waals surface area contributed by atoms with Crippen molar-refractivity contribution >= 4 is 0 Å². The van der Waals surface area contributed by atoms with Gasteiger partial charge in [-0.3, -0.25) is 0 Å². The molecule has 0 amide bonds. The van der Waals surface area contributed by atoms with Crippen molar-refractivity contribution in [3.63, 3.8) is 0 Å². The van der Waals surface area contributed by atoms with Crippen LogP contribution in [0.1, 0.15) is 44.7 Å². The first kappa shape index (κ1) is 12.5. The Hall–Kier alpha value is -0.940. The van der Waals surface area contributed by atoms with Crippen molar-refractivity contribution in [2.24, 2.45) is 0 Å². The predicted octanol–water partition coefficient (Wildman–Crippen LogP) is 1.46. The molecule has 1 fully saturated rings. The van der Waals surface area contributed by atoms with Gasteiger partial charge in [-0.05, 0) is 25.7 Å². The molecule has 2 atom stereocenters. The molecule has 0 bridgehead atoms. The molecule has 1 aliphatic rings. The first-order valence-corrected chi connectivity index (χ1v) is 6.33. The van der Waals surface area contributed by atoms with Crippen LogP contribution < -0.4 is 0 Å². The van der Waals surface area contributed by atoms with Crippen molar-refractivity contribution in [1.82, 2.24) is 15.0 Å². The molecule has 5 nitrogen and oxygen atoms in total. The lowest BCUT2D eigenvalue weighted by Gasteiger charge is -2.36. The largest absolute Gasteiger partial charge is 0.383 e. The molecule has 1 aliphatic carbocycles. The van der Waals surface area contributed by atoms with E-state index in [1.807, 2.05) is 4.68 Å². The van der Waals surface area contributed by atoms with Crippen molar-refractivity contribution < 1.29 is 9.84 Å². The molecule has 0 aromatic carbocycles. The average Bonchev–Trinajstić information content (AvgIpc) is 2.78. The molecule has 96 valence electrons. The highest BCUT2D eigenvalue weighted by atomic mass is 16.5. The fourth-order valence-corrected chi connectivity index (χ4v) is 2.63. The first-order valence-electron chi connectivity index (χ1n) is 6.33. The second kappa shape index (κ2) is 5.14. The van der Waals surface area contributed by atoms with E-state index in [4.69, 9.17) is 4.74 Å². The third-order valence-corrected chi connectivity index (χ3v) is 3.55. The van der Waals surface area contributed by atoms with Gasteiger partial charge in [0.25, 0.3) is 0 Å². The van der Waals surface area contributed by atoms with Crippen LogP contribution in [-0.4, -0.2) is 33.3 Å². The van der Waals surface area contributed by atoms with Crippen LogP contribution in [0, 0.1) is 0 Å². The Morgan fingerprint density at radius 3 is 3.18 bits per heavy atom. The third-order valence-electron chi connectivity index (χ3n) is 3.55. The van der Waals surface area contributed by atoms with Crippen LogP contribution in [0.25, 0.3) is 0 Å². The molecule has 0 radical (unpaired) electrons. The van der Waals surface area contributed by atoms with E-state index < -0.39 is 5.60 Å². The zero-order chi connectivity index (χ0) is 12.3. The van der Waals surface area contributed by atoms with E-state index in [0.717, 1.165) is 37.9 Å². The molecule has 1 N–H and O–H groups in total. The minimum absolute atomic E-state index is 0.138. The summed E-state index contributed by atoms with van der Waals surface area (Å²) in [4.78, 5) is 0. The average molecular weight is 239 g/mol. The van der Waals surface area contributed by atoms with E-state index in [-0.39, 0.29) is 6.10 Å². The molecule has 2 unspecified atom stereocenters. The summed E-state index contributed by atoms with van der Waals surface area (Å²) >= 11 is 0. The number of aliphatic hydroxyl groups is 1. The summed E-state index contributed by atoms with van der Waals surface area (Å²) in [5, 5.41) is 18.7. The number of methoxy groups -OCH3 is 1. The fraction of sp³-hybridized carbons (Fsp3) is 0.833. The zero-order valence-corrected chi connectivity index (χ0v) is 10.6. The van der Waals surface area contributed by atoms with E-state index in [1.54, 1.807) is 13.3 Å². The normalized spacial score (nSPS) is 29.5. The Bertz CT molecular complexity index is 366. The maximum absolute atomic E-state index is 10.8. The van der Waals surface area contributed by atoms with Crippen molar-refractivity contribution in [3.05, 3.63) is 11.9 Å². The quantitative estimate of drug-likeness (QED) is 0.864. The summed E-state index contributed by atoms with van der Waals surface area (Å²) in [5.74, 6) is 0. The molecule has 1 aromatic heterocycles. The van der Waals surface area contributed by atoms with Gasteiger partial charge in [0.05, 0.1) is 18.0 Å². The fourth-order valence-electron chi connectivity index (χ4n) is 2.63. The van der Waals surface area contributed by atoms with Crippen LogP contribution >= 0.6 is 0 Å². The highest BCUT2D eigenvalue weighted by molar-refractivity contribution is 5.10. The molecule has 0 aliphatic heterocycles. The van der Waals surface area contributed by atoms with E-state index in [0.29, 0.717) is 6.42 Å². The number of nitrogens with zero attached hydrogens (tertiary/aromatic N) is 3. The summed E-state index contributed by atoms with van der Waals surface area (Å²) in [6, 6.07) is 0. The van der Waals surface area contributed by atoms with Gasteiger partial charge in [-0.1, -0.05) is 12.1 Å². The van der Waals surface area contributed by atoms with Crippen molar-refractivity contribution in [2.45, 2.75) is 57.3 Å². The van der Waals surface area contributed by atoms with Crippen LogP contribution in [0.5, 0.6) is 0 Å². The van der Waals surface area contributed by atoms with Crippen molar-refractivity contribution in [1.29, 1.82) is 0 Å².